The molecule has 1 aromatic carbocycles. The molecule has 0 fully saturated rings. The van der Waals surface area contributed by atoms with Crippen LogP contribution in [0.4, 0.5) is 5.69 Å². The summed E-state index contributed by atoms with van der Waals surface area (Å²) in [5.41, 5.74) is 7.27. The topological polar surface area (TPSA) is 108 Å². The average Bonchev–Trinajstić information content (AvgIpc) is 2.45. The van der Waals surface area contributed by atoms with Gasteiger partial charge in [0, 0.05) is 12.3 Å². The van der Waals surface area contributed by atoms with E-state index in [9.17, 15) is 4.79 Å². The fourth-order valence-corrected chi connectivity index (χ4v) is 2.15. The molecule has 0 aliphatic heterocycles. The van der Waals surface area contributed by atoms with Gasteiger partial charge < -0.3 is 21.4 Å². The number of amidine groups is 1. The van der Waals surface area contributed by atoms with Gasteiger partial charge in [-0.05, 0) is 36.5 Å². The van der Waals surface area contributed by atoms with Gasteiger partial charge in [-0.3, -0.25) is 4.79 Å². The molecule has 0 heterocycles. The third kappa shape index (κ3) is 5.07. The zero-order valence-electron chi connectivity index (χ0n) is 12.4. The second kappa shape index (κ2) is 8.26. The summed E-state index contributed by atoms with van der Waals surface area (Å²) in [5.74, 6) is -1.17. The minimum atomic E-state index is -0.684. The van der Waals surface area contributed by atoms with Crippen LogP contribution in [-0.2, 0) is 11.2 Å². The van der Waals surface area contributed by atoms with E-state index in [1.807, 2.05) is 32.0 Å². The Hall–Kier alpha value is -2.08. The number of aliphatic hydroxyl groups excluding tert-OH is 1. The first-order valence-corrected chi connectivity index (χ1v) is 6.97. The number of aliphatic hydroxyl groups is 1. The lowest BCUT2D eigenvalue weighted by molar-refractivity contribution is -0.119. The number of carbonyl (C=O) groups excluding carboxylic acids is 1. The fraction of sp³-hybridized carbons (Fsp3) is 0.467. The largest absolute Gasteiger partial charge is 0.409 e. The lowest BCUT2D eigenvalue weighted by Crippen LogP contribution is -2.38. The van der Waals surface area contributed by atoms with Crippen molar-refractivity contribution < 1.29 is 15.1 Å². The summed E-state index contributed by atoms with van der Waals surface area (Å²) >= 11 is 0. The van der Waals surface area contributed by atoms with Crippen molar-refractivity contribution in [3.8, 4) is 0 Å². The average molecular weight is 293 g/mol. The second-order valence-corrected chi connectivity index (χ2v) is 5.26. The lowest BCUT2D eigenvalue weighted by Gasteiger charge is -2.19. The standard InChI is InChI=1S/C15H23N3O3/c1-10(2)13(14(16)18-21)15(20)17-12-7-3-5-11(9-12)6-4-8-19/h3,5,7,9-10,13,19,21H,4,6,8H2,1-2H3,(H2,16,18)(H,17,20). The monoisotopic (exact) mass is 293 g/mol. The van der Waals surface area contributed by atoms with Gasteiger partial charge in [-0.1, -0.05) is 31.1 Å². The molecule has 0 aliphatic carbocycles. The smallest absolute Gasteiger partial charge is 0.235 e. The third-order valence-corrected chi connectivity index (χ3v) is 3.20. The molecular weight excluding hydrogens is 270 g/mol. The summed E-state index contributed by atoms with van der Waals surface area (Å²) in [5, 5.41) is 23.3. The molecule has 1 rings (SSSR count). The van der Waals surface area contributed by atoms with Crippen molar-refractivity contribution in [2.24, 2.45) is 22.7 Å². The number of nitrogens with zero attached hydrogens (tertiary/aromatic N) is 1. The van der Waals surface area contributed by atoms with Gasteiger partial charge in [0.25, 0.3) is 0 Å². The van der Waals surface area contributed by atoms with Gasteiger partial charge >= 0.3 is 0 Å². The molecule has 0 radical (unpaired) electrons. The second-order valence-electron chi connectivity index (χ2n) is 5.26. The Morgan fingerprint density at radius 3 is 2.71 bits per heavy atom. The molecule has 6 heteroatoms. The minimum absolute atomic E-state index is 0.0847. The van der Waals surface area contributed by atoms with Gasteiger partial charge in [-0.25, -0.2) is 0 Å². The Labute approximate surface area is 124 Å². The van der Waals surface area contributed by atoms with E-state index in [-0.39, 0.29) is 24.3 Å². The molecule has 1 atom stereocenters. The molecule has 1 amide bonds. The van der Waals surface area contributed by atoms with Crippen LogP contribution in [0.25, 0.3) is 0 Å². The van der Waals surface area contributed by atoms with E-state index in [1.165, 1.54) is 0 Å². The summed E-state index contributed by atoms with van der Waals surface area (Å²) < 4.78 is 0. The number of oxime groups is 1. The molecule has 1 unspecified atom stereocenters. The van der Waals surface area contributed by atoms with Gasteiger partial charge in [0.15, 0.2) is 5.84 Å². The molecule has 0 aliphatic rings. The number of hydrogen-bond donors (Lipinski definition) is 4. The Morgan fingerprint density at radius 1 is 1.43 bits per heavy atom. The minimum Gasteiger partial charge on any atom is -0.409 e. The summed E-state index contributed by atoms with van der Waals surface area (Å²) in [6.07, 6.45) is 1.42. The van der Waals surface area contributed by atoms with E-state index in [1.54, 1.807) is 6.07 Å². The molecule has 116 valence electrons. The maximum absolute atomic E-state index is 12.3. The molecule has 1 aromatic rings. The molecule has 0 spiro atoms. The Balaban J connectivity index is 2.81. The van der Waals surface area contributed by atoms with Crippen LogP contribution in [0, 0.1) is 11.8 Å². The Morgan fingerprint density at radius 2 is 2.14 bits per heavy atom. The normalized spacial score (nSPS) is 13.2. The van der Waals surface area contributed by atoms with Crippen LogP contribution in [0.2, 0.25) is 0 Å². The van der Waals surface area contributed by atoms with Crippen molar-refractivity contribution in [3.63, 3.8) is 0 Å². The third-order valence-electron chi connectivity index (χ3n) is 3.20. The van der Waals surface area contributed by atoms with Crippen molar-refractivity contribution in [2.75, 3.05) is 11.9 Å². The molecule has 0 saturated heterocycles. The molecule has 21 heavy (non-hydrogen) atoms. The van der Waals surface area contributed by atoms with Gasteiger partial charge in [-0.15, -0.1) is 0 Å². The van der Waals surface area contributed by atoms with E-state index in [2.05, 4.69) is 10.5 Å². The first kappa shape index (κ1) is 17.0. The Bertz CT molecular complexity index is 501. The molecule has 6 nitrogen and oxygen atoms in total. The molecular formula is C15H23N3O3. The molecule has 0 saturated carbocycles. The first-order valence-electron chi connectivity index (χ1n) is 6.97. The highest BCUT2D eigenvalue weighted by Crippen LogP contribution is 2.17. The fourth-order valence-electron chi connectivity index (χ4n) is 2.15. The highest BCUT2D eigenvalue weighted by atomic mass is 16.4. The van der Waals surface area contributed by atoms with Gasteiger partial charge in [0.2, 0.25) is 5.91 Å². The van der Waals surface area contributed by atoms with E-state index < -0.39 is 5.92 Å². The maximum atomic E-state index is 12.3. The predicted molar refractivity (Wildman–Crippen MR) is 82.2 cm³/mol. The highest BCUT2D eigenvalue weighted by molar-refractivity contribution is 6.07. The van der Waals surface area contributed by atoms with Crippen LogP contribution in [-0.4, -0.2) is 28.7 Å². The summed E-state index contributed by atoms with van der Waals surface area (Å²) in [7, 11) is 0. The number of carbonyl (C=O) groups is 1. The quantitative estimate of drug-likeness (QED) is 0.265. The molecule has 0 aromatic heterocycles. The summed E-state index contributed by atoms with van der Waals surface area (Å²) in [4.78, 5) is 12.3. The number of nitrogens with two attached hydrogens (primary N) is 1. The SMILES string of the molecule is CC(C)C(C(=O)Nc1cccc(CCCO)c1)/C(N)=N/O. The molecule has 5 N–H and O–H groups in total. The van der Waals surface area contributed by atoms with Crippen LogP contribution in [0.3, 0.4) is 0 Å². The zero-order valence-corrected chi connectivity index (χ0v) is 12.4. The maximum Gasteiger partial charge on any atom is 0.235 e. The number of anilines is 1. The predicted octanol–water partition coefficient (Wildman–Crippen LogP) is 1.57. The van der Waals surface area contributed by atoms with E-state index in [0.717, 1.165) is 12.0 Å². The number of nitrogens with one attached hydrogen (secondary N) is 1. The van der Waals surface area contributed by atoms with Crippen LogP contribution in [0.15, 0.2) is 29.4 Å². The van der Waals surface area contributed by atoms with Crippen molar-refractivity contribution >= 4 is 17.4 Å². The number of rotatable bonds is 7. The number of amides is 1. The van der Waals surface area contributed by atoms with Crippen LogP contribution < -0.4 is 11.1 Å². The van der Waals surface area contributed by atoms with Crippen LogP contribution >= 0.6 is 0 Å². The van der Waals surface area contributed by atoms with Crippen molar-refractivity contribution in [1.29, 1.82) is 0 Å². The summed E-state index contributed by atoms with van der Waals surface area (Å²) in [6, 6.07) is 7.42. The highest BCUT2D eigenvalue weighted by Gasteiger charge is 2.26. The van der Waals surface area contributed by atoms with Crippen LogP contribution in [0.1, 0.15) is 25.8 Å². The van der Waals surface area contributed by atoms with Gasteiger partial charge in [0.05, 0.1) is 0 Å². The first-order chi connectivity index (χ1) is 9.99. The van der Waals surface area contributed by atoms with Gasteiger partial charge in [-0.2, -0.15) is 0 Å². The van der Waals surface area contributed by atoms with Gasteiger partial charge in [0.1, 0.15) is 5.92 Å². The summed E-state index contributed by atoms with van der Waals surface area (Å²) in [6.45, 7) is 3.80. The number of aryl methyl sites for hydroxylation is 1. The zero-order chi connectivity index (χ0) is 15.8. The van der Waals surface area contributed by atoms with E-state index in [4.69, 9.17) is 16.0 Å². The lowest BCUT2D eigenvalue weighted by atomic mass is 9.93. The van der Waals surface area contributed by atoms with Crippen molar-refractivity contribution in [1.82, 2.24) is 0 Å². The van der Waals surface area contributed by atoms with E-state index >= 15 is 0 Å². The van der Waals surface area contributed by atoms with Crippen molar-refractivity contribution in [2.45, 2.75) is 26.7 Å². The molecule has 0 bridgehead atoms. The van der Waals surface area contributed by atoms with E-state index in [0.29, 0.717) is 12.1 Å². The Kier molecular flexibility index (Phi) is 6.68. The number of hydrogen-bond acceptors (Lipinski definition) is 4. The van der Waals surface area contributed by atoms with Crippen molar-refractivity contribution in [3.05, 3.63) is 29.8 Å². The number of benzene rings is 1. The van der Waals surface area contributed by atoms with Crippen LogP contribution in [0.5, 0.6) is 0 Å².